The van der Waals surface area contributed by atoms with Crippen LogP contribution in [0, 0.1) is 11.6 Å². The van der Waals surface area contributed by atoms with E-state index in [9.17, 15) is 13.6 Å². The van der Waals surface area contributed by atoms with Gasteiger partial charge in [0.2, 0.25) is 0 Å². The summed E-state index contributed by atoms with van der Waals surface area (Å²) in [7, 11) is 0. The highest BCUT2D eigenvalue weighted by Crippen LogP contribution is 2.15. The van der Waals surface area contributed by atoms with Crippen LogP contribution in [-0.4, -0.2) is 10.8 Å². The van der Waals surface area contributed by atoms with Gasteiger partial charge in [-0.1, -0.05) is 6.07 Å². The fourth-order valence-electron chi connectivity index (χ4n) is 1.58. The van der Waals surface area contributed by atoms with Gasteiger partial charge in [-0.05, 0) is 24.3 Å². The molecule has 0 fully saturated rings. The number of hydrogen-bond acceptors (Lipinski definition) is 3. The van der Waals surface area contributed by atoms with Gasteiger partial charge in [0.05, 0.1) is 5.56 Å². The lowest BCUT2D eigenvalue weighted by molar-refractivity contribution is 0.0988. The number of halogens is 2. The van der Waals surface area contributed by atoms with Crippen LogP contribution >= 0.6 is 0 Å². The summed E-state index contributed by atoms with van der Waals surface area (Å²) in [4.78, 5) is 15.7. The van der Waals surface area contributed by atoms with Crippen LogP contribution in [0.1, 0.15) is 15.9 Å². The summed E-state index contributed by atoms with van der Waals surface area (Å²) in [6, 6.07) is 6.02. The highest BCUT2D eigenvalue weighted by Gasteiger charge is 2.14. The van der Waals surface area contributed by atoms with Crippen molar-refractivity contribution < 1.29 is 13.6 Å². The Bertz CT molecular complexity index is 599. The fourth-order valence-corrected chi connectivity index (χ4v) is 1.58. The van der Waals surface area contributed by atoms with Crippen molar-refractivity contribution in [2.45, 2.75) is 6.42 Å². The quantitative estimate of drug-likeness (QED) is 0.848. The third-order valence-corrected chi connectivity index (χ3v) is 2.51. The van der Waals surface area contributed by atoms with Crippen molar-refractivity contribution >= 4 is 11.6 Å². The van der Waals surface area contributed by atoms with Crippen molar-refractivity contribution in [1.82, 2.24) is 4.98 Å². The van der Waals surface area contributed by atoms with Gasteiger partial charge in [-0.3, -0.25) is 4.79 Å². The highest BCUT2D eigenvalue weighted by atomic mass is 19.1. The van der Waals surface area contributed by atoms with E-state index in [0.29, 0.717) is 5.56 Å². The van der Waals surface area contributed by atoms with E-state index in [-0.39, 0.29) is 17.8 Å². The first-order chi connectivity index (χ1) is 8.58. The van der Waals surface area contributed by atoms with Crippen molar-refractivity contribution in [2.75, 3.05) is 5.73 Å². The molecule has 18 heavy (non-hydrogen) atoms. The van der Waals surface area contributed by atoms with Crippen LogP contribution in [0.2, 0.25) is 0 Å². The van der Waals surface area contributed by atoms with Gasteiger partial charge in [-0.25, -0.2) is 13.8 Å². The number of Topliss-reactive ketones (excluding diaryl/α,β-unsaturated/α-hetero) is 1. The molecule has 2 rings (SSSR count). The minimum atomic E-state index is -0.746. The van der Waals surface area contributed by atoms with Gasteiger partial charge in [0, 0.05) is 18.2 Å². The average molecular weight is 248 g/mol. The van der Waals surface area contributed by atoms with E-state index in [2.05, 4.69) is 4.98 Å². The second-order valence-electron chi connectivity index (χ2n) is 3.77. The van der Waals surface area contributed by atoms with Gasteiger partial charge in [-0.15, -0.1) is 0 Å². The van der Waals surface area contributed by atoms with Crippen molar-refractivity contribution in [3.05, 3.63) is 59.3 Å². The van der Waals surface area contributed by atoms with Crippen LogP contribution in [0.5, 0.6) is 0 Å². The van der Waals surface area contributed by atoms with Gasteiger partial charge in [0.25, 0.3) is 0 Å². The number of hydrogen-bond donors (Lipinski definition) is 1. The molecule has 2 aromatic rings. The molecule has 0 aliphatic rings. The van der Waals surface area contributed by atoms with E-state index < -0.39 is 17.4 Å². The second-order valence-corrected chi connectivity index (χ2v) is 3.77. The Balaban J connectivity index is 2.28. The Hall–Kier alpha value is -2.30. The lowest BCUT2D eigenvalue weighted by atomic mass is 10.0. The molecule has 1 heterocycles. The van der Waals surface area contributed by atoms with Gasteiger partial charge in [-0.2, -0.15) is 0 Å². The van der Waals surface area contributed by atoms with E-state index in [4.69, 9.17) is 5.73 Å². The molecule has 0 bridgehead atoms. The standard InChI is InChI=1S/C13H10F2N2O/c14-9-3-4-11(15)10(7-9)12(18)6-8-2-1-5-17-13(8)16/h1-5,7H,6H2,(H2,16,17). The van der Waals surface area contributed by atoms with Crippen molar-refractivity contribution in [2.24, 2.45) is 0 Å². The SMILES string of the molecule is Nc1ncccc1CC(=O)c1cc(F)ccc1F. The van der Waals surface area contributed by atoms with E-state index in [1.54, 1.807) is 12.1 Å². The van der Waals surface area contributed by atoms with Crippen LogP contribution < -0.4 is 5.73 Å². The van der Waals surface area contributed by atoms with Crippen molar-refractivity contribution in [1.29, 1.82) is 0 Å². The van der Waals surface area contributed by atoms with Crippen LogP contribution in [0.4, 0.5) is 14.6 Å². The molecule has 3 nitrogen and oxygen atoms in total. The number of rotatable bonds is 3. The molecular formula is C13H10F2N2O. The van der Waals surface area contributed by atoms with Crippen LogP contribution in [-0.2, 0) is 6.42 Å². The zero-order chi connectivity index (χ0) is 13.1. The molecule has 0 unspecified atom stereocenters. The first-order valence-electron chi connectivity index (χ1n) is 5.25. The molecule has 0 atom stereocenters. The van der Waals surface area contributed by atoms with E-state index in [1.165, 1.54) is 6.20 Å². The monoisotopic (exact) mass is 248 g/mol. The largest absolute Gasteiger partial charge is 0.383 e. The summed E-state index contributed by atoms with van der Waals surface area (Å²) in [5.41, 5.74) is 5.80. The van der Waals surface area contributed by atoms with Crippen molar-refractivity contribution in [3.8, 4) is 0 Å². The van der Waals surface area contributed by atoms with Gasteiger partial charge >= 0.3 is 0 Å². The minimum Gasteiger partial charge on any atom is -0.383 e. The van der Waals surface area contributed by atoms with Crippen LogP contribution in [0.15, 0.2) is 36.5 Å². The zero-order valence-corrected chi connectivity index (χ0v) is 9.36. The summed E-state index contributed by atoms with van der Waals surface area (Å²) < 4.78 is 26.4. The molecule has 0 aliphatic carbocycles. The number of nitrogen functional groups attached to an aromatic ring is 1. The summed E-state index contributed by atoms with van der Waals surface area (Å²) in [5, 5.41) is 0. The minimum absolute atomic E-state index is 0.111. The number of nitrogens with two attached hydrogens (primary N) is 1. The zero-order valence-electron chi connectivity index (χ0n) is 9.36. The number of anilines is 1. The number of pyridine rings is 1. The first kappa shape index (κ1) is 12.2. The van der Waals surface area contributed by atoms with Crippen molar-refractivity contribution in [3.63, 3.8) is 0 Å². The number of aromatic nitrogens is 1. The fraction of sp³-hybridized carbons (Fsp3) is 0.0769. The van der Waals surface area contributed by atoms with Crippen LogP contribution in [0.25, 0.3) is 0 Å². The smallest absolute Gasteiger partial charge is 0.170 e. The summed E-state index contributed by atoms with van der Waals surface area (Å²) in [6.45, 7) is 0. The molecule has 1 aromatic carbocycles. The molecule has 0 aliphatic heterocycles. The molecule has 0 amide bonds. The number of carbonyl (C=O) groups is 1. The Labute approximate surface area is 102 Å². The Morgan fingerprint density at radius 1 is 1.28 bits per heavy atom. The predicted octanol–water partition coefficient (Wildman–Crippen LogP) is 2.37. The summed E-state index contributed by atoms with van der Waals surface area (Å²) >= 11 is 0. The third kappa shape index (κ3) is 2.51. The van der Waals surface area contributed by atoms with Gasteiger partial charge in [0.1, 0.15) is 17.5 Å². The van der Waals surface area contributed by atoms with E-state index in [1.807, 2.05) is 0 Å². The third-order valence-electron chi connectivity index (χ3n) is 2.51. The molecule has 0 spiro atoms. The molecule has 5 heteroatoms. The van der Waals surface area contributed by atoms with E-state index in [0.717, 1.165) is 18.2 Å². The molecule has 1 aromatic heterocycles. The molecule has 0 saturated heterocycles. The summed E-state index contributed by atoms with van der Waals surface area (Å²) in [6.07, 6.45) is 1.38. The van der Waals surface area contributed by atoms with Gasteiger partial charge < -0.3 is 5.73 Å². The van der Waals surface area contributed by atoms with Gasteiger partial charge in [0.15, 0.2) is 5.78 Å². The number of carbonyl (C=O) groups excluding carboxylic acids is 1. The lowest BCUT2D eigenvalue weighted by Gasteiger charge is -2.05. The Morgan fingerprint density at radius 2 is 2.06 bits per heavy atom. The molecule has 92 valence electrons. The highest BCUT2D eigenvalue weighted by molar-refractivity contribution is 5.98. The summed E-state index contributed by atoms with van der Waals surface area (Å²) in [5.74, 6) is -1.72. The maximum absolute atomic E-state index is 13.4. The molecule has 0 saturated carbocycles. The Morgan fingerprint density at radius 3 is 2.78 bits per heavy atom. The molecule has 2 N–H and O–H groups in total. The average Bonchev–Trinajstić information content (AvgIpc) is 2.35. The normalized spacial score (nSPS) is 10.3. The van der Waals surface area contributed by atoms with E-state index >= 15 is 0 Å². The number of benzene rings is 1. The Kier molecular flexibility index (Phi) is 3.32. The first-order valence-corrected chi connectivity index (χ1v) is 5.25. The van der Waals surface area contributed by atoms with Crippen LogP contribution in [0.3, 0.4) is 0 Å². The predicted molar refractivity (Wildman–Crippen MR) is 63.0 cm³/mol. The maximum Gasteiger partial charge on any atom is 0.170 e. The molecular weight excluding hydrogens is 238 g/mol. The molecule has 0 radical (unpaired) electrons. The topological polar surface area (TPSA) is 56.0 Å². The number of ketones is 1. The number of nitrogens with zero attached hydrogens (tertiary/aromatic N) is 1. The second kappa shape index (κ2) is 4.91. The lowest BCUT2D eigenvalue weighted by Crippen LogP contribution is -2.09. The maximum atomic E-state index is 13.4.